The fraction of sp³-hybridized carbons (Fsp3) is 0.429. The molecule has 0 radical (unpaired) electrons. The maximum atomic E-state index is 13.0. The molecule has 45 heavy (non-hydrogen) atoms. The average molecular weight is 622 g/mol. The Morgan fingerprint density at radius 3 is 1.78 bits per heavy atom. The molecule has 0 bridgehead atoms. The molecule has 1 heterocycles. The third-order valence-corrected chi connectivity index (χ3v) is 7.13. The lowest BCUT2D eigenvalue weighted by molar-refractivity contribution is -0.156. The number of carbonyl (C=O) groups is 2. The molecule has 0 unspecified atom stereocenters. The third-order valence-electron chi connectivity index (χ3n) is 7.13. The van der Waals surface area contributed by atoms with Crippen LogP contribution in [0.1, 0.15) is 37.5 Å². The Kier molecular flexibility index (Phi) is 12.5. The highest BCUT2D eigenvalue weighted by Crippen LogP contribution is 2.32. The minimum Gasteiger partial charge on any atom is -0.467 e. The van der Waals surface area contributed by atoms with E-state index in [1.165, 1.54) is 0 Å². The number of aliphatic hydroxyl groups excluding tert-OH is 1. The van der Waals surface area contributed by atoms with Crippen LogP contribution in [0.15, 0.2) is 91.0 Å². The number of alkyl carbamates (subject to hydrolysis) is 1. The number of amides is 1. The van der Waals surface area contributed by atoms with Gasteiger partial charge in [0.2, 0.25) is 0 Å². The number of hydrogen-bond donors (Lipinski definition) is 2. The topological polar surface area (TPSA) is 122 Å². The Bertz CT molecular complexity index is 1320. The summed E-state index contributed by atoms with van der Waals surface area (Å²) in [5.41, 5.74) is 1.98. The molecule has 3 aromatic rings. The van der Waals surface area contributed by atoms with Gasteiger partial charge >= 0.3 is 12.1 Å². The van der Waals surface area contributed by atoms with E-state index in [2.05, 4.69) is 5.32 Å². The molecule has 0 spiro atoms. The van der Waals surface area contributed by atoms with E-state index >= 15 is 0 Å². The Morgan fingerprint density at radius 2 is 1.29 bits per heavy atom. The minimum atomic E-state index is -1.80. The van der Waals surface area contributed by atoms with E-state index in [9.17, 15) is 14.7 Å². The van der Waals surface area contributed by atoms with Crippen molar-refractivity contribution in [1.29, 1.82) is 0 Å². The van der Waals surface area contributed by atoms with Gasteiger partial charge in [-0.15, -0.1) is 0 Å². The number of aliphatic hydroxyl groups is 1. The fourth-order valence-electron chi connectivity index (χ4n) is 5.02. The molecule has 6 atom stereocenters. The Morgan fingerprint density at radius 1 is 0.800 bits per heavy atom. The smallest absolute Gasteiger partial charge is 0.408 e. The van der Waals surface area contributed by atoms with Crippen molar-refractivity contribution in [2.75, 3.05) is 13.7 Å². The molecule has 1 aliphatic rings. The van der Waals surface area contributed by atoms with Gasteiger partial charge in [-0.3, -0.25) is 0 Å². The van der Waals surface area contributed by atoms with Crippen molar-refractivity contribution in [3.63, 3.8) is 0 Å². The monoisotopic (exact) mass is 621 g/mol. The molecule has 4 rings (SSSR count). The number of ether oxygens (including phenoxy) is 6. The lowest BCUT2D eigenvalue weighted by Gasteiger charge is -2.32. The van der Waals surface area contributed by atoms with Crippen molar-refractivity contribution < 1.29 is 43.1 Å². The summed E-state index contributed by atoms with van der Waals surface area (Å²) in [4.78, 5) is 25.6. The first-order valence-electron chi connectivity index (χ1n) is 15.0. The van der Waals surface area contributed by atoms with Crippen LogP contribution in [0.25, 0.3) is 0 Å². The van der Waals surface area contributed by atoms with Gasteiger partial charge in [0.05, 0.1) is 39.6 Å². The summed E-state index contributed by atoms with van der Waals surface area (Å²) in [6.07, 6.45) is -5.93. The highest BCUT2D eigenvalue weighted by Gasteiger charge is 2.53. The summed E-state index contributed by atoms with van der Waals surface area (Å²) in [5.74, 6) is -0.952. The van der Waals surface area contributed by atoms with Crippen LogP contribution in [-0.2, 0) is 53.0 Å². The summed E-state index contributed by atoms with van der Waals surface area (Å²) in [5, 5.41) is 13.8. The summed E-state index contributed by atoms with van der Waals surface area (Å²) in [6.45, 7) is 6.00. The number of carbonyl (C=O) groups excluding carboxylic acids is 2. The Hall–Kier alpha value is -3.80. The SMILES string of the molecule is COC(=O)[C@H](O)[C@@H](NC(=O)OC(C)(C)C)[C@@H]1O[C@H](COCc2ccccc2)[C@@H](OCc2ccccc2)[C@H]1OCc1ccccc1. The molecule has 1 aliphatic heterocycles. The first-order chi connectivity index (χ1) is 21.6. The maximum absolute atomic E-state index is 13.0. The van der Waals surface area contributed by atoms with Gasteiger partial charge in [0.15, 0.2) is 6.10 Å². The Balaban J connectivity index is 1.65. The second kappa shape index (κ2) is 16.5. The van der Waals surface area contributed by atoms with E-state index in [-0.39, 0.29) is 19.8 Å². The number of nitrogens with one attached hydrogen (secondary N) is 1. The molecule has 2 N–H and O–H groups in total. The van der Waals surface area contributed by atoms with Gasteiger partial charge < -0.3 is 38.8 Å². The standard InChI is InChI=1S/C35H43NO9/c1-35(2,3)45-34(39)36-28(29(37)33(38)40-4)31-32(43-22-26-18-12-7-13-19-26)30(42-21-25-16-10-6-11-17-25)27(44-31)23-41-20-24-14-8-5-9-15-24/h5-19,27-32,37H,20-23H2,1-4H3,(H,36,39)/t27-,28-,29-,30-,31+,32-/m1/s1. The predicted molar refractivity (Wildman–Crippen MR) is 166 cm³/mol. The first-order valence-corrected chi connectivity index (χ1v) is 15.0. The summed E-state index contributed by atoms with van der Waals surface area (Å²) >= 11 is 0. The van der Waals surface area contributed by atoms with Crippen LogP contribution < -0.4 is 5.32 Å². The zero-order valence-electron chi connectivity index (χ0n) is 26.2. The van der Waals surface area contributed by atoms with Gasteiger partial charge in [-0.25, -0.2) is 9.59 Å². The van der Waals surface area contributed by atoms with Gasteiger partial charge in [0.25, 0.3) is 0 Å². The second-order valence-corrected chi connectivity index (χ2v) is 11.8. The zero-order chi connectivity index (χ0) is 32.2. The number of esters is 1. The molecule has 242 valence electrons. The highest BCUT2D eigenvalue weighted by molar-refractivity contribution is 5.77. The van der Waals surface area contributed by atoms with Crippen LogP contribution in [0.2, 0.25) is 0 Å². The molecule has 1 fully saturated rings. The van der Waals surface area contributed by atoms with Crippen molar-refractivity contribution in [3.05, 3.63) is 108 Å². The largest absolute Gasteiger partial charge is 0.467 e. The van der Waals surface area contributed by atoms with Crippen LogP contribution in [0, 0.1) is 0 Å². The molecule has 0 aliphatic carbocycles. The molecular formula is C35H43NO9. The maximum Gasteiger partial charge on any atom is 0.408 e. The first kappa shape index (κ1) is 34.1. The van der Waals surface area contributed by atoms with E-state index in [0.29, 0.717) is 6.61 Å². The highest BCUT2D eigenvalue weighted by atomic mass is 16.6. The van der Waals surface area contributed by atoms with Gasteiger partial charge in [0.1, 0.15) is 30.0 Å². The molecule has 1 amide bonds. The number of rotatable bonds is 14. The molecular weight excluding hydrogens is 578 g/mol. The van der Waals surface area contributed by atoms with E-state index in [1.54, 1.807) is 20.8 Å². The molecule has 0 saturated carbocycles. The van der Waals surface area contributed by atoms with Crippen molar-refractivity contribution in [3.8, 4) is 0 Å². The zero-order valence-corrected chi connectivity index (χ0v) is 26.2. The summed E-state index contributed by atoms with van der Waals surface area (Å²) in [6, 6.07) is 27.6. The van der Waals surface area contributed by atoms with Crippen molar-refractivity contribution in [2.24, 2.45) is 0 Å². The van der Waals surface area contributed by atoms with Gasteiger partial charge in [0, 0.05) is 0 Å². The number of benzene rings is 3. The van der Waals surface area contributed by atoms with Crippen molar-refractivity contribution in [2.45, 2.75) is 82.8 Å². The van der Waals surface area contributed by atoms with Crippen LogP contribution in [0.5, 0.6) is 0 Å². The van der Waals surface area contributed by atoms with E-state index in [4.69, 9.17) is 28.4 Å². The van der Waals surface area contributed by atoms with E-state index in [0.717, 1.165) is 23.8 Å². The van der Waals surface area contributed by atoms with Crippen LogP contribution in [0.4, 0.5) is 4.79 Å². The molecule has 10 heteroatoms. The second-order valence-electron chi connectivity index (χ2n) is 11.8. The van der Waals surface area contributed by atoms with Gasteiger partial charge in [-0.2, -0.15) is 0 Å². The molecule has 1 saturated heterocycles. The lowest BCUT2D eigenvalue weighted by atomic mass is 9.97. The van der Waals surface area contributed by atoms with Crippen LogP contribution in [0.3, 0.4) is 0 Å². The Labute approximate surface area is 264 Å². The van der Waals surface area contributed by atoms with Crippen LogP contribution in [-0.4, -0.2) is 73.0 Å². The third kappa shape index (κ3) is 10.4. The normalized spacial score (nSPS) is 21.1. The van der Waals surface area contributed by atoms with E-state index < -0.39 is 54.2 Å². The molecule has 10 nitrogen and oxygen atoms in total. The fourth-order valence-corrected chi connectivity index (χ4v) is 5.02. The summed E-state index contributed by atoms with van der Waals surface area (Å²) < 4.78 is 35.8. The lowest BCUT2D eigenvalue weighted by Crippen LogP contribution is -2.58. The quantitative estimate of drug-likeness (QED) is 0.249. The minimum absolute atomic E-state index is 0.115. The number of methoxy groups -OCH3 is 1. The predicted octanol–water partition coefficient (Wildman–Crippen LogP) is 4.57. The van der Waals surface area contributed by atoms with Crippen molar-refractivity contribution >= 4 is 12.1 Å². The number of hydrogen-bond acceptors (Lipinski definition) is 9. The average Bonchev–Trinajstić information content (AvgIpc) is 3.38. The molecule has 0 aromatic heterocycles. The van der Waals surface area contributed by atoms with Gasteiger partial charge in [-0.1, -0.05) is 91.0 Å². The van der Waals surface area contributed by atoms with E-state index in [1.807, 2.05) is 91.0 Å². The molecule has 3 aromatic carbocycles. The van der Waals surface area contributed by atoms with Crippen molar-refractivity contribution in [1.82, 2.24) is 5.32 Å². The van der Waals surface area contributed by atoms with Gasteiger partial charge in [-0.05, 0) is 37.5 Å². The van der Waals surface area contributed by atoms with Crippen LogP contribution >= 0.6 is 0 Å². The summed E-state index contributed by atoms with van der Waals surface area (Å²) in [7, 11) is 1.15.